The molecule has 0 spiro atoms. The molecule has 0 saturated carbocycles. The molecule has 0 aliphatic rings. The van der Waals surface area contributed by atoms with Crippen LogP contribution in [0.15, 0.2) is 42.5 Å². The quantitative estimate of drug-likeness (QED) is 0.938. The number of halogens is 1. The van der Waals surface area contributed by atoms with Gasteiger partial charge in [0.1, 0.15) is 11.5 Å². The number of pyridine rings is 1. The lowest BCUT2D eigenvalue weighted by molar-refractivity contribution is 0.0984. The molecule has 0 aliphatic heterocycles. The number of aromatic nitrogens is 1. The number of carbonyl (C=O) groups is 1. The average Bonchev–Trinajstić information content (AvgIpc) is 2.49. The van der Waals surface area contributed by atoms with Crippen molar-refractivity contribution in [2.24, 2.45) is 0 Å². The minimum atomic E-state index is -0.208. The van der Waals surface area contributed by atoms with Crippen LogP contribution in [0, 0.1) is 0 Å². The first-order valence-corrected chi connectivity index (χ1v) is 6.76. The van der Waals surface area contributed by atoms with E-state index in [1.54, 1.807) is 24.1 Å². The minimum Gasteiger partial charge on any atom is -0.373 e. The van der Waals surface area contributed by atoms with Crippen LogP contribution in [0.5, 0.6) is 0 Å². The first-order valence-electron chi connectivity index (χ1n) is 6.38. The molecule has 0 fully saturated rings. The number of para-hydroxylation sites is 1. The molecule has 0 atom stereocenters. The van der Waals surface area contributed by atoms with Gasteiger partial charge in [-0.3, -0.25) is 4.79 Å². The van der Waals surface area contributed by atoms with Gasteiger partial charge in [-0.1, -0.05) is 29.8 Å². The lowest BCUT2D eigenvalue weighted by Crippen LogP contribution is -2.31. The number of hydrogen-bond donors (Lipinski definition) is 1. The second-order valence-corrected chi connectivity index (χ2v) is 4.57. The van der Waals surface area contributed by atoms with Crippen LogP contribution >= 0.6 is 11.6 Å². The summed E-state index contributed by atoms with van der Waals surface area (Å²) >= 11 is 6.10. The van der Waals surface area contributed by atoms with E-state index < -0.39 is 0 Å². The van der Waals surface area contributed by atoms with Gasteiger partial charge in [-0.25, -0.2) is 4.98 Å². The van der Waals surface area contributed by atoms with Crippen molar-refractivity contribution in [2.75, 3.05) is 23.8 Å². The Kier molecular flexibility index (Phi) is 4.58. The number of amides is 1. The van der Waals surface area contributed by atoms with E-state index in [0.29, 0.717) is 17.4 Å². The molecule has 2 rings (SSSR count). The predicted molar refractivity (Wildman–Crippen MR) is 82.6 cm³/mol. The van der Waals surface area contributed by atoms with Crippen molar-refractivity contribution in [3.05, 3.63) is 53.2 Å². The summed E-state index contributed by atoms with van der Waals surface area (Å²) in [6, 6.07) is 12.9. The van der Waals surface area contributed by atoms with E-state index in [1.165, 1.54) is 0 Å². The van der Waals surface area contributed by atoms with Gasteiger partial charge in [0.2, 0.25) is 0 Å². The Hall–Kier alpha value is -2.07. The summed E-state index contributed by atoms with van der Waals surface area (Å²) in [7, 11) is 1.75. The Morgan fingerprint density at radius 2 is 1.95 bits per heavy atom. The summed E-state index contributed by atoms with van der Waals surface area (Å²) in [5.74, 6) is 0.405. The molecule has 1 amide bonds. The maximum Gasteiger partial charge on any atom is 0.278 e. The first kappa shape index (κ1) is 14.3. The molecule has 1 aromatic carbocycles. The second kappa shape index (κ2) is 6.39. The molecule has 104 valence electrons. The van der Waals surface area contributed by atoms with Gasteiger partial charge < -0.3 is 10.2 Å². The van der Waals surface area contributed by atoms with Crippen LogP contribution in [0.1, 0.15) is 17.4 Å². The number of nitrogens with zero attached hydrogens (tertiary/aromatic N) is 2. The number of rotatable bonds is 4. The van der Waals surface area contributed by atoms with Crippen molar-refractivity contribution >= 4 is 29.0 Å². The smallest absolute Gasteiger partial charge is 0.278 e. The Bertz CT molecular complexity index is 601. The predicted octanol–water partition coefficient (Wildman–Crippen LogP) is 3.44. The van der Waals surface area contributed by atoms with Crippen molar-refractivity contribution in [3.8, 4) is 0 Å². The van der Waals surface area contributed by atoms with E-state index in [1.807, 2.05) is 37.3 Å². The van der Waals surface area contributed by atoms with Gasteiger partial charge in [-0.05, 0) is 31.2 Å². The van der Waals surface area contributed by atoms with Crippen LogP contribution in [0.25, 0.3) is 0 Å². The normalized spacial score (nSPS) is 10.2. The van der Waals surface area contributed by atoms with Gasteiger partial charge in [0.25, 0.3) is 5.91 Å². The molecule has 0 saturated heterocycles. The molecule has 1 aromatic heterocycles. The minimum absolute atomic E-state index is 0.208. The van der Waals surface area contributed by atoms with Gasteiger partial charge >= 0.3 is 0 Å². The SMILES string of the molecule is CCN(C(=O)c1nc(NC)ccc1Cl)c1ccccc1. The third-order valence-corrected chi connectivity index (χ3v) is 3.24. The monoisotopic (exact) mass is 289 g/mol. The summed E-state index contributed by atoms with van der Waals surface area (Å²) in [6.45, 7) is 2.46. The van der Waals surface area contributed by atoms with E-state index in [2.05, 4.69) is 10.3 Å². The van der Waals surface area contributed by atoms with Crippen molar-refractivity contribution in [3.63, 3.8) is 0 Å². The molecule has 0 bridgehead atoms. The van der Waals surface area contributed by atoms with E-state index >= 15 is 0 Å². The molecule has 20 heavy (non-hydrogen) atoms. The van der Waals surface area contributed by atoms with E-state index in [-0.39, 0.29) is 11.6 Å². The summed E-state index contributed by atoms with van der Waals surface area (Å²) in [4.78, 5) is 18.5. The highest BCUT2D eigenvalue weighted by molar-refractivity contribution is 6.34. The van der Waals surface area contributed by atoms with Crippen molar-refractivity contribution in [2.45, 2.75) is 6.92 Å². The standard InChI is InChI=1S/C15H16ClN3O/c1-3-19(11-7-5-4-6-8-11)15(20)14-12(16)9-10-13(17-2)18-14/h4-10H,3H2,1-2H3,(H,17,18). The molecule has 0 radical (unpaired) electrons. The van der Waals surface area contributed by atoms with Crippen molar-refractivity contribution in [1.29, 1.82) is 0 Å². The van der Waals surface area contributed by atoms with E-state index in [9.17, 15) is 4.79 Å². The highest BCUT2D eigenvalue weighted by atomic mass is 35.5. The molecular formula is C15H16ClN3O. The lowest BCUT2D eigenvalue weighted by atomic mass is 10.2. The van der Waals surface area contributed by atoms with E-state index in [4.69, 9.17) is 11.6 Å². The van der Waals surface area contributed by atoms with Crippen LogP contribution in [0.3, 0.4) is 0 Å². The molecule has 0 aliphatic carbocycles. The molecule has 1 N–H and O–H groups in total. The third kappa shape index (κ3) is 2.91. The fourth-order valence-electron chi connectivity index (χ4n) is 1.91. The molecule has 1 heterocycles. The zero-order chi connectivity index (χ0) is 14.5. The third-order valence-electron chi connectivity index (χ3n) is 2.93. The summed E-state index contributed by atoms with van der Waals surface area (Å²) in [5, 5.41) is 3.26. The van der Waals surface area contributed by atoms with Gasteiger partial charge in [0, 0.05) is 19.3 Å². The molecule has 5 heteroatoms. The Morgan fingerprint density at radius 3 is 2.55 bits per heavy atom. The molecular weight excluding hydrogens is 274 g/mol. The Morgan fingerprint density at radius 1 is 1.25 bits per heavy atom. The highest BCUT2D eigenvalue weighted by Gasteiger charge is 2.20. The summed E-state index contributed by atoms with van der Waals surface area (Å²) in [6.07, 6.45) is 0. The molecule has 0 unspecified atom stereocenters. The van der Waals surface area contributed by atoms with Crippen molar-refractivity contribution < 1.29 is 4.79 Å². The number of carbonyl (C=O) groups excluding carboxylic acids is 1. The molecule has 2 aromatic rings. The number of hydrogen-bond acceptors (Lipinski definition) is 3. The summed E-state index contributed by atoms with van der Waals surface area (Å²) < 4.78 is 0. The number of nitrogens with one attached hydrogen (secondary N) is 1. The second-order valence-electron chi connectivity index (χ2n) is 4.16. The zero-order valence-corrected chi connectivity index (χ0v) is 12.2. The number of benzene rings is 1. The topological polar surface area (TPSA) is 45.2 Å². The van der Waals surface area contributed by atoms with Crippen molar-refractivity contribution in [1.82, 2.24) is 4.98 Å². The average molecular weight is 290 g/mol. The fourth-order valence-corrected chi connectivity index (χ4v) is 2.10. The first-order chi connectivity index (χ1) is 9.67. The van der Waals surface area contributed by atoms with Gasteiger partial charge in [-0.2, -0.15) is 0 Å². The van der Waals surface area contributed by atoms with Crippen LogP contribution in [0.4, 0.5) is 11.5 Å². The van der Waals surface area contributed by atoms with E-state index in [0.717, 1.165) is 5.69 Å². The highest BCUT2D eigenvalue weighted by Crippen LogP contribution is 2.21. The maximum absolute atomic E-state index is 12.6. The number of anilines is 2. The Labute approximate surface area is 123 Å². The largest absolute Gasteiger partial charge is 0.373 e. The van der Waals surface area contributed by atoms with Crippen LogP contribution in [0.2, 0.25) is 5.02 Å². The van der Waals surface area contributed by atoms with Gasteiger partial charge in [0.05, 0.1) is 5.02 Å². The molecule has 4 nitrogen and oxygen atoms in total. The van der Waals surface area contributed by atoms with Crippen LogP contribution in [-0.4, -0.2) is 24.5 Å². The fraction of sp³-hybridized carbons (Fsp3) is 0.200. The van der Waals surface area contributed by atoms with Gasteiger partial charge in [-0.15, -0.1) is 0 Å². The van der Waals surface area contributed by atoms with Crippen LogP contribution in [-0.2, 0) is 0 Å². The summed E-state index contributed by atoms with van der Waals surface area (Å²) in [5.41, 5.74) is 1.08. The van der Waals surface area contributed by atoms with Gasteiger partial charge in [0.15, 0.2) is 0 Å². The Balaban J connectivity index is 2.39. The lowest BCUT2D eigenvalue weighted by Gasteiger charge is -2.21. The van der Waals surface area contributed by atoms with Crippen LogP contribution < -0.4 is 10.2 Å². The maximum atomic E-state index is 12.6. The zero-order valence-electron chi connectivity index (χ0n) is 11.4.